The van der Waals surface area contributed by atoms with Crippen LogP contribution >= 0.6 is 0 Å². The average molecular weight is 80.1 g/mol. The maximum atomic E-state index is 7.83. The van der Waals surface area contributed by atoms with Crippen LogP contribution in [0, 0.1) is 11.3 Å². The third-order valence-electron chi connectivity index (χ3n) is 0.330. The molecule has 5 heavy (non-hydrogen) atoms. The van der Waals surface area contributed by atoms with Gasteiger partial charge in [-0.25, -0.2) is 4.63 Å². The van der Waals surface area contributed by atoms with E-state index >= 15 is 0 Å². The van der Waals surface area contributed by atoms with Gasteiger partial charge in [0.25, 0.3) is 0 Å². The molecule has 22 valence electrons. The maximum absolute atomic E-state index is 7.83. The van der Waals surface area contributed by atoms with Crippen molar-refractivity contribution in [2.75, 3.05) is 0 Å². The molecule has 0 aromatic rings. The summed E-state index contributed by atoms with van der Waals surface area (Å²) >= 11 is 0. The Labute approximate surface area is 31.2 Å². The van der Waals surface area contributed by atoms with E-state index in [2.05, 4.69) is 4.63 Å². The van der Waals surface area contributed by atoms with Gasteiger partial charge >= 0.3 is 0 Å². The first-order chi connectivity index (χ1) is 2.43. The minimum Gasteiger partial charge on any atom is -0.238 e. The van der Waals surface area contributed by atoms with Gasteiger partial charge in [0.05, 0.1) is 0 Å². The summed E-state index contributed by atoms with van der Waals surface area (Å²) in [4.78, 5) is 0. The van der Waals surface area contributed by atoms with Gasteiger partial charge in [-0.1, -0.05) is 0 Å². The normalized spacial score (nSPS) is 13.0. The molecule has 2 nitrogen and oxygen atoms in total. The summed E-state index contributed by atoms with van der Waals surface area (Å²) < 4.78 is 3.60. The Morgan fingerprint density at radius 1 is 2.00 bits per heavy atom. The largest absolute Gasteiger partial charge is 0.238 e. The van der Waals surface area contributed by atoms with E-state index in [1.54, 1.807) is 0 Å². The van der Waals surface area contributed by atoms with Gasteiger partial charge in [0.15, 0.2) is 5.29 Å². The highest BCUT2D eigenvalue weighted by Crippen LogP contribution is 1.75. The van der Waals surface area contributed by atoms with Crippen molar-refractivity contribution in [1.82, 2.24) is 0 Å². The van der Waals surface area contributed by atoms with Gasteiger partial charge in [-0.2, -0.15) is 5.26 Å². The highest BCUT2D eigenvalue weighted by atomic mass is 28.2. The van der Waals surface area contributed by atoms with E-state index in [4.69, 9.17) is 5.26 Å². The van der Waals surface area contributed by atoms with Crippen LogP contribution in [0.15, 0.2) is 4.63 Å². The average Bonchev–Trinajstić information content (AvgIpc) is 2.12. The molecular formula is C2N2Si. The highest BCUT2D eigenvalue weighted by Gasteiger charge is 1.93. The number of hydrogen-bond acceptors (Lipinski definition) is 2. The van der Waals surface area contributed by atoms with Crippen LogP contribution in [-0.2, 0) is 0 Å². The molecule has 0 saturated heterocycles. The molecule has 1 aliphatic rings. The highest BCUT2D eigenvalue weighted by molar-refractivity contribution is 6.63. The second kappa shape index (κ2) is 0.660. The van der Waals surface area contributed by atoms with E-state index in [9.17, 15) is 0 Å². The molecule has 0 spiro atoms. The first-order valence-corrected chi connectivity index (χ1v) is 2.12. The quantitative estimate of drug-likeness (QED) is 0.363. The van der Waals surface area contributed by atoms with Crippen LogP contribution < -0.4 is 0 Å². The summed E-state index contributed by atoms with van der Waals surface area (Å²) in [7, 11) is 0.505. The van der Waals surface area contributed by atoms with Crippen LogP contribution in [0.1, 0.15) is 0 Å². The Morgan fingerprint density at radius 2 is 2.60 bits per heavy atom. The molecule has 0 fully saturated rings. The second-order valence-corrected chi connectivity index (χ2v) is 1.60. The van der Waals surface area contributed by atoms with Crippen LogP contribution in [0.5, 0.6) is 0 Å². The van der Waals surface area contributed by atoms with Gasteiger partial charge < -0.3 is 0 Å². The van der Waals surface area contributed by atoms with Crippen molar-refractivity contribution in [3.05, 3.63) is 0 Å². The van der Waals surface area contributed by atoms with E-state index in [1.165, 1.54) is 0 Å². The zero-order chi connectivity index (χ0) is 3.70. The molecule has 0 saturated carbocycles. The van der Waals surface area contributed by atoms with Crippen molar-refractivity contribution < 1.29 is 0 Å². The summed E-state index contributed by atoms with van der Waals surface area (Å²) in [5.41, 5.74) is 0. The monoisotopic (exact) mass is 80.0 g/mol. The Bertz CT molecular complexity index is 146. The lowest BCUT2D eigenvalue weighted by molar-refractivity contribution is 1.55. The van der Waals surface area contributed by atoms with E-state index in [1.807, 2.05) is 6.07 Å². The molecule has 0 bridgehead atoms. The molecule has 1 rings (SSSR count). The van der Waals surface area contributed by atoms with Gasteiger partial charge in [0.1, 0.15) is 15.0 Å². The van der Waals surface area contributed by atoms with Crippen LogP contribution in [0.3, 0.4) is 0 Å². The second-order valence-electron chi connectivity index (χ2n) is 0.684. The van der Waals surface area contributed by atoms with E-state index in [0.717, 1.165) is 0 Å². The smallest absolute Gasteiger partial charge is 0.169 e. The minimum atomic E-state index is 0.505. The predicted octanol–water partition coefficient (Wildman–Crippen LogP) is -0.459. The summed E-state index contributed by atoms with van der Waals surface area (Å²) in [6, 6.07) is 1.90. The fourth-order valence-electron chi connectivity index (χ4n) is 0.0780. The van der Waals surface area contributed by atoms with Crippen molar-refractivity contribution in [2.45, 2.75) is 0 Å². The van der Waals surface area contributed by atoms with Gasteiger partial charge in [0.2, 0.25) is 0 Å². The van der Waals surface area contributed by atoms with Crippen LogP contribution in [0.25, 0.3) is 0 Å². The van der Waals surface area contributed by atoms with Crippen molar-refractivity contribution >= 4 is 14.2 Å². The number of hydrogen-bond donors (Lipinski definition) is 0. The predicted molar refractivity (Wildman–Crippen MR) is 18.8 cm³/mol. The van der Waals surface area contributed by atoms with E-state index < -0.39 is 0 Å². The molecule has 0 aromatic carbocycles. The van der Waals surface area contributed by atoms with Crippen molar-refractivity contribution in [2.24, 2.45) is 4.63 Å². The molecule has 1 aliphatic heterocycles. The SMILES string of the molecule is N#CC1=[Si]=N1. The Kier molecular flexibility index (Phi) is 0.344. The lowest BCUT2D eigenvalue weighted by atomic mass is 10.8. The minimum absolute atomic E-state index is 0.505. The Morgan fingerprint density at radius 3 is 2.60 bits per heavy atom. The summed E-state index contributed by atoms with van der Waals surface area (Å²) in [6.07, 6.45) is 0. The molecule has 0 N–H and O–H groups in total. The van der Waals surface area contributed by atoms with Gasteiger partial charge in [-0.05, 0) is 0 Å². The molecule has 0 amide bonds. The molecule has 0 atom stereocenters. The van der Waals surface area contributed by atoms with E-state index in [-0.39, 0.29) is 0 Å². The van der Waals surface area contributed by atoms with Crippen molar-refractivity contribution in [3.63, 3.8) is 0 Å². The number of nitrogens with zero attached hydrogens (tertiary/aromatic N) is 2. The molecule has 0 aliphatic carbocycles. The topological polar surface area (TPSA) is 36.1 Å². The molecule has 3 heteroatoms. The Balaban J connectivity index is 2.69. The fraction of sp³-hybridized carbons (Fsp3) is 0. The van der Waals surface area contributed by atoms with Crippen LogP contribution in [0.2, 0.25) is 0 Å². The molecule has 0 aromatic heterocycles. The summed E-state index contributed by atoms with van der Waals surface area (Å²) in [5, 5.41) is 8.55. The number of rotatable bonds is 0. The molecule has 0 unspecified atom stereocenters. The zero-order valence-corrected chi connectivity index (χ0v) is 3.39. The van der Waals surface area contributed by atoms with Crippen LogP contribution in [-0.4, -0.2) is 14.2 Å². The van der Waals surface area contributed by atoms with Crippen LogP contribution in [0.4, 0.5) is 0 Å². The first-order valence-electron chi connectivity index (χ1n) is 1.17. The van der Waals surface area contributed by atoms with Crippen molar-refractivity contribution in [1.29, 1.82) is 5.26 Å². The van der Waals surface area contributed by atoms with E-state index in [0.29, 0.717) is 14.2 Å². The lowest BCUT2D eigenvalue weighted by Crippen LogP contribution is -1.63. The summed E-state index contributed by atoms with van der Waals surface area (Å²) in [6.45, 7) is 0. The zero-order valence-electron chi connectivity index (χ0n) is 2.39. The number of nitriles is 1. The Hall–Kier alpha value is -0.623. The third-order valence-corrected chi connectivity index (χ3v) is 0.889. The molecule has 1 heterocycles. The molecular weight excluding hydrogens is 80.1 g/mol. The van der Waals surface area contributed by atoms with Gasteiger partial charge in [0, 0.05) is 0 Å². The maximum Gasteiger partial charge on any atom is 0.169 e. The van der Waals surface area contributed by atoms with Gasteiger partial charge in [-0.3, -0.25) is 0 Å². The first kappa shape index (κ1) is 2.61. The summed E-state index contributed by atoms with van der Waals surface area (Å²) in [5.74, 6) is 0. The van der Waals surface area contributed by atoms with Crippen molar-refractivity contribution in [3.8, 4) is 6.07 Å². The molecule has 0 radical (unpaired) electrons. The van der Waals surface area contributed by atoms with Gasteiger partial charge in [-0.15, -0.1) is 0 Å². The lowest BCUT2D eigenvalue weighted by Gasteiger charge is -1.44. The standard InChI is InChI=1S/C2N2Si/c3-1-2-4-5-2. The third kappa shape index (κ3) is 0.334. The fourth-order valence-corrected chi connectivity index (χ4v) is 0.234.